The highest BCUT2D eigenvalue weighted by Gasteiger charge is 2.13. The maximum Gasteiger partial charge on any atom is 0.414 e. The van der Waals surface area contributed by atoms with Gasteiger partial charge in [0.25, 0.3) is 0 Å². The van der Waals surface area contributed by atoms with E-state index in [0.717, 1.165) is 23.3 Å². The summed E-state index contributed by atoms with van der Waals surface area (Å²) >= 11 is 4.27. The minimum Gasteiger partial charge on any atom is -0.473 e. The van der Waals surface area contributed by atoms with E-state index in [1.807, 2.05) is 0 Å². The van der Waals surface area contributed by atoms with Gasteiger partial charge in [-0.2, -0.15) is 0 Å². The van der Waals surface area contributed by atoms with Crippen LogP contribution in [0, 0.1) is 17.8 Å². The van der Waals surface area contributed by atoms with Crippen LogP contribution in [0.4, 0.5) is 0 Å². The topological polar surface area (TPSA) is 86.6 Å². The third-order valence-corrected chi connectivity index (χ3v) is 6.58. The number of aliphatic carboxylic acids is 2. The second-order valence-corrected chi connectivity index (χ2v) is 8.36. The molecule has 2 aliphatic heterocycles. The Hall–Kier alpha value is -0.840. The van der Waals surface area contributed by atoms with Gasteiger partial charge in [0.2, 0.25) is 0 Å². The van der Waals surface area contributed by atoms with Crippen molar-refractivity contribution in [1.82, 2.24) is 5.32 Å². The van der Waals surface area contributed by atoms with E-state index in [1.54, 1.807) is 0 Å². The molecule has 7 heteroatoms. The summed E-state index contributed by atoms with van der Waals surface area (Å²) in [5, 5.41) is 18.2. The van der Waals surface area contributed by atoms with Crippen molar-refractivity contribution in [2.45, 2.75) is 43.1 Å². The number of piperidine rings is 1. The van der Waals surface area contributed by atoms with E-state index in [-0.39, 0.29) is 0 Å². The van der Waals surface area contributed by atoms with Crippen molar-refractivity contribution >= 4 is 35.5 Å². The Bertz CT molecular complexity index is 410. The molecule has 1 unspecified atom stereocenters. The van der Waals surface area contributed by atoms with Gasteiger partial charge in [-0.1, -0.05) is 0 Å². The predicted molar refractivity (Wildman–Crippen MR) is 95.8 cm³/mol. The number of nitrogens with one attached hydrogen (secondary N) is 1. The van der Waals surface area contributed by atoms with Crippen LogP contribution in [0.2, 0.25) is 0 Å². The smallest absolute Gasteiger partial charge is 0.414 e. The molecule has 130 valence electrons. The summed E-state index contributed by atoms with van der Waals surface area (Å²) in [4.78, 5) is 18.2. The third kappa shape index (κ3) is 10.5. The van der Waals surface area contributed by atoms with Gasteiger partial charge in [0.15, 0.2) is 0 Å². The Kier molecular flexibility index (Phi) is 11.0. The molecule has 0 aromatic heterocycles. The van der Waals surface area contributed by atoms with Crippen LogP contribution >= 0.6 is 23.5 Å². The Morgan fingerprint density at radius 1 is 1.09 bits per heavy atom. The molecule has 2 saturated heterocycles. The first-order valence-electron chi connectivity index (χ1n) is 7.95. The van der Waals surface area contributed by atoms with E-state index in [4.69, 9.17) is 19.8 Å². The largest absolute Gasteiger partial charge is 0.473 e. The molecule has 3 N–H and O–H groups in total. The minimum absolute atomic E-state index is 0.815. The summed E-state index contributed by atoms with van der Waals surface area (Å²) in [7, 11) is 0. The average molecular weight is 360 g/mol. The zero-order valence-corrected chi connectivity index (χ0v) is 14.9. The first-order chi connectivity index (χ1) is 11.1. The zero-order valence-electron chi connectivity index (χ0n) is 13.3. The van der Waals surface area contributed by atoms with Crippen LogP contribution in [-0.2, 0) is 9.59 Å². The molecular weight excluding hydrogens is 334 g/mol. The first-order valence-corrected chi connectivity index (χ1v) is 10.0. The Balaban J connectivity index is 0.000000379. The van der Waals surface area contributed by atoms with Crippen LogP contribution in [0.1, 0.15) is 38.5 Å². The summed E-state index contributed by atoms with van der Waals surface area (Å²) in [6.45, 7) is 2.39. The quantitative estimate of drug-likeness (QED) is 0.527. The SMILES string of the molecule is C(#CCC1CCCNC1)CCC1SCCCS1.O=C(O)C(=O)O. The Labute approximate surface area is 146 Å². The van der Waals surface area contributed by atoms with Gasteiger partial charge in [-0.3, -0.25) is 0 Å². The van der Waals surface area contributed by atoms with Crippen LogP contribution in [0.15, 0.2) is 0 Å². The van der Waals surface area contributed by atoms with Crippen molar-refractivity contribution in [2.75, 3.05) is 24.6 Å². The predicted octanol–water partition coefficient (Wildman–Crippen LogP) is 2.51. The fraction of sp³-hybridized carbons (Fsp3) is 0.750. The summed E-state index contributed by atoms with van der Waals surface area (Å²) in [6, 6.07) is 0. The number of carboxylic acids is 2. The van der Waals surface area contributed by atoms with Gasteiger partial charge < -0.3 is 15.5 Å². The van der Waals surface area contributed by atoms with Crippen LogP contribution < -0.4 is 5.32 Å². The standard InChI is InChI=1S/C14H23NS2.C2H2O4/c1(2-6-13-7-4-9-15-12-13)3-8-14-16-10-5-11-17-14;3-1(4)2(5)6/h13-15H,3-12H2;(H,3,4)(H,5,6). The summed E-state index contributed by atoms with van der Waals surface area (Å²) in [5.41, 5.74) is 0. The third-order valence-electron chi connectivity index (χ3n) is 3.50. The van der Waals surface area contributed by atoms with Gasteiger partial charge in [0.05, 0.1) is 4.58 Å². The van der Waals surface area contributed by atoms with Gasteiger partial charge >= 0.3 is 11.9 Å². The van der Waals surface area contributed by atoms with E-state index in [0.29, 0.717) is 0 Å². The molecular formula is C16H25NO4S2. The molecule has 0 bridgehead atoms. The van der Waals surface area contributed by atoms with Crippen LogP contribution in [-0.4, -0.2) is 51.3 Å². The molecule has 2 rings (SSSR count). The van der Waals surface area contributed by atoms with Crippen molar-refractivity contribution < 1.29 is 19.8 Å². The summed E-state index contributed by atoms with van der Waals surface area (Å²) < 4.78 is 0.828. The molecule has 1 atom stereocenters. The number of rotatable bonds is 3. The molecule has 0 amide bonds. The fourth-order valence-corrected chi connectivity index (χ4v) is 5.16. The van der Waals surface area contributed by atoms with E-state index in [9.17, 15) is 0 Å². The zero-order chi connectivity index (χ0) is 16.9. The number of carbonyl (C=O) groups is 2. The Morgan fingerprint density at radius 3 is 2.35 bits per heavy atom. The van der Waals surface area contributed by atoms with Gasteiger partial charge in [0, 0.05) is 12.8 Å². The highest BCUT2D eigenvalue weighted by Crippen LogP contribution is 2.33. The van der Waals surface area contributed by atoms with E-state index in [2.05, 4.69) is 40.7 Å². The van der Waals surface area contributed by atoms with Gasteiger partial charge in [-0.25, -0.2) is 9.59 Å². The number of hydrogen-bond acceptors (Lipinski definition) is 5. The second kappa shape index (κ2) is 12.6. The lowest BCUT2D eigenvalue weighted by Gasteiger charge is -2.20. The molecule has 0 aromatic rings. The average Bonchev–Trinajstić information content (AvgIpc) is 2.57. The van der Waals surface area contributed by atoms with Crippen LogP contribution in [0.3, 0.4) is 0 Å². The normalized spacial score (nSPS) is 21.3. The molecule has 5 nitrogen and oxygen atoms in total. The number of thioether (sulfide) groups is 2. The molecule has 2 fully saturated rings. The molecule has 2 heterocycles. The van der Waals surface area contributed by atoms with Crippen molar-refractivity contribution in [1.29, 1.82) is 0 Å². The molecule has 0 spiro atoms. The first kappa shape index (κ1) is 20.2. The lowest BCUT2D eigenvalue weighted by Crippen LogP contribution is -2.29. The molecule has 23 heavy (non-hydrogen) atoms. The van der Waals surface area contributed by atoms with Crippen LogP contribution in [0.5, 0.6) is 0 Å². The highest BCUT2D eigenvalue weighted by molar-refractivity contribution is 8.17. The monoisotopic (exact) mass is 359 g/mol. The van der Waals surface area contributed by atoms with E-state index >= 15 is 0 Å². The second-order valence-electron chi connectivity index (χ2n) is 5.44. The maximum absolute atomic E-state index is 9.10. The minimum atomic E-state index is -1.82. The highest BCUT2D eigenvalue weighted by atomic mass is 32.2. The summed E-state index contributed by atoms with van der Waals surface area (Å²) in [6.07, 6.45) is 7.60. The number of carboxylic acid groups (broad SMARTS) is 2. The van der Waals surface area contributed by atoms with Crippen molar-refractivity contribution in [3.8, 4) is 11.8 Å². The molecule has 0 saturated carbocycles. The lowest BCUT2D eigenvalue weighted by atomic mass is 9.96. The molecule has 2 aliphatic rings. The van der Waals surface area contributed by atoms with Crippen molar-refractivity contribution in [3.05, 3.63) is 0 Å². The molecule has 0 radical (unpaired) electrons. The van der Waals surface area contributed by atoms with Gasteiger partial charge in [-0.15, -0.1) is 35.4 Å². The van der Waals surface area contributed by atoms with Gasteiger partial charge in [-0.05, 0) is 56.2 Å². The maximum atomic E-state index is 9.10. The van der Waals surface area contributed by atoms with E-state index < -0.39 is 11.9 Å². The van der Waals surface area contributed by atoms with Crippen molar-refractivity contribution in [2.24, 2.45) is 5.92 Å². The fourth-order valence-electron chi connectivity index (χ4n) is 2.30. The van der Waals surface area contributed by atoms with Crippen molar-refractivity contribution in [3.63, 3.8) is 0 Å². The lowest BCUT2D eigenvalue weighted by molar-refractivity contribution is -0.159. The molecule has 0 aromatic carbocycles. The molecule has 0 aliphatic carbocycles. The van der Waals surface area contributed by atoms with Gasteiger partial charge in [0.1, 0.15) is 0 Å². The Morgan fingerprint density at radius 2 is 1.78 bits per heavy atom. The van der Waals surface area contributed by atoms with E-state index in [1.165, 1.54) is 50.3 Å². The summed E-state index contributed by atoms with van der Waals surface area (Å²) in [5.74, 6) is 6.65. The van der Waals surface area contributed by atoms with Crippen LogP contribution in [0.25, 0.3) is 0 Å². The number of hydrogen-bond donors (Lipinski definition) is 3.